The molecule has 140 valence electrons. The van der Waals surface area contributed by atoms with Gasteiger partial charge in [-0.1, -0.05) is 42.5 Å². The highest BCUT2D eigenvalue weighted by Gasteiger charge is 2.23. The topological polar surface area (TPSA) is 46.6 Å². The Kier molecular flexibility index (Phi) is 6.33. The Hall–Kier alpha value is -1.85. The van der Waals surface area contributed by atoms with E-state index in [4.69, 9.17) is 4.74 Å². The van der Waals surface area contributed by atoms with E-state index in [9.17, 15) is 8.42 Å². The van der Waals surface area contributed by atoms with Gasteiger partial charge in [-0.05, 0) is 48.6 Å². The van der Waals surface area contributed by atoms with Crippen molar-refractivity contribution >= 4 is 9.84 Å². The SMILES string of the molecule is CS(=O)(=O)C[C@@H]1CCCN(Cc2ccc(OCc3ccccc3)cc2)C1. The van der Waals surface area contributed by atoms with Gasteiger partial charge in [0, 0.05) is 19.3 Å². The van der Waals surface area contributed by atoms with E-state index in [0.717, 1.165) is 43.8 Å². The molecule has 0 spiro atoms. The Morgan fingerprint density at radius 2 is 1.77 bits per heavy atom. The van der Waals surface area contributed by atoms with Crippen molar-refractivity contribution in [3.8, 4) is 5.75 Å². The summed E-state index contributed by atoms with van der Waals surface area (Å²) in [6.07, 6.45) is 3.41. The van der Waals surface area contributed by atoms with Crippen molar-refractivity contribution in [2.45, 2.75) is 26.0 Å². The van der Waals surface area contributed by atoms with Crippen molar-refractivity contribution in [2.75, 3.05) is 25.1 Å². The number of benzene rings is 2. The number of hydrogen-bond acceptors (Lipinski definition) is 4. The number of likely N-dealkylation sites (tertiary alicyclic amines) is 1. The van der Waals surface area contributed by atoms with E-state index in [1.54, 1.807) is 0 Å². The maximum absolute atomic E-state index is 11.5. The molecule has 1 aliphatic heterocycles. The Morgan fingerprint density at radius 1 is 1.04 bits per heavy atom. The van der Waals surface area contributed by atoms with Crippen LogP contribution in [0.3, 0.4) is 0 Å². The summed E-state index contributed by atoms with van der Waals surface area (Å²) in [5, 5.41) is 0. The van der Waals surface area contributed by atoms with Crippen molar-refractivity contribution in [1.29, 1.82) is 0 Å². The highest BCUT2D eigenvalue weighted by Crippen LogP contribution is 2.21. The molecule has 5 heteroatoms. The van der Waals surface area contributed by atoms with E-state index >= 15 is 0 Å². The summed E-state index contributed by atoms with van der Waals surface area (Å²) in [7, 11) is -2.90. The number of nitrogens with zero attached hydrogens (tertiary/aromatic N) is 1. The summed E-state index contributed by atoms with van der Waals surface area (Å²) in [5.74, 6) is 1.42. The zero-order valence-electron chi connectivity index (χ0n) is 15.3. The lowest BCUT2D eigenvalue weighted by atomic mass is 9.99. The van der Waals surface area contributed by atoms with Gasteiger partial charge in [-0.3, -0.25) is 4.90 Å². The molecule has 0 bridgehead atoms. The number of ether oxygens (including phenoxy) is 1. The molecule has 1 fully saturated rings. The fraction of sp³-hybridized carbons (Fsp3) is 0.429. The first-order valence-corrected chi connectivity index (χ1v) is 11.2. The molecule has 2 aromatic rings. The Balaban J connectivity index is 1.50. The minimum absolute atomic E-state index is 0.257. The molecule has 0 aromatic heterocycles. The molecular formula is C21H27NO3S. The van der Waals surface area contributed by atoms with Crippen LogP contribution in [0.25, 0.3) is 0 Å². The predicted molar refractivity (Wildman–Crippen MR) is 105 cm³/mol. The molecule has 0 unspecified atom stereocenters. The first-order chi connectivity index (χ1) is 12.5. The normalized spacial score (nSPS) is 18.6. The molecule has 26 heavy (non-hydrogen) atoms. The first-order valence-electron chi connectivity index (χ1n) is 9.14. The lowest BCUT2D eigenvalue weighted by Crippen LogP contribution is -2.37. The Morgan fingerprint density at radius 3 is 2.46 bits per heavy atom. The third-order valence-corrected chi connectivity index (χ3v) is 5.80. The molecule has 0 N–H and O–H groups in total. The summed E-state index contributed by atoms with van der Waals surface area (Å²) < 4.78 is 28.9. The van der Waals surface area contributed by atoms with Crippen molar-refractivity contribution < 1.29 is 13.2 Å². The second kappa shape index (κ2) is 8.69. The van der Waals surface area contributed by atoms with Crippen LogP contribution < -0.4 is 4.74 Å². The van der Waals surface area contributed by atoms with Gasteiger partial charge in [-0.25, -0.2) is 8.42 Å². The average Bonchev–Trinajstić information content (AvgIpc) is 2.61. The molecule has 3 rings (SSSR count). The highest BCUT2D eigenvalue weighted by atomic mass is 32.2. The largest absolute Gasteiger partial charge is 0.489 e. The smallest absolute Gasteiger partial charge is 0.147 e. The van der Waals surface area contributed by atoms with Gasteiger partial charge >= 0.3 is 0 Å². The van der Waals surface area contributed by atoms with Gasteiger partial charge in [0.15, 0.2) is 0 Å². The molecule has 1 saturated heterocycles. The quantitative estimate of drug-likeness (QED) is 0.745. The zero-order valence-corrected chi connectivity index (χ0v) is 16.1. The van der Waals surface area contributed by atoms with Crippen molar-refractivity contribution in [3.63, 3.8) is 0 Å². The molecule has 2 aromatic carbocycles. The van der Waals surface area contributed by atoms with E-state index in [1.807, 2.05) is 30.3 Å². The van der Waals surface area contributed by atoms with Gasteiger partial charge in [0.05, 0.1) is 5.75 Å². The molecule has 1 heterocycles. The predicted octanol–water partition coefficient (Wildman–Crippen LogP) is 3.52. The lowest BCUT2D eigenvalue weighted by Gasteiger charge is -2.32. The van der Waals surface area contributed by atoms with Crippen LogP contribution in [0.5, 0.6) is 5.75 Å². The Labute approximate surface area is 156 Å². The van der Waals surface area contributed by atoms with Gasteiger partial charge in [0.2, 0.25) is 0 Å². The van der Waals surface area contributed by atoms with Gasteiger partial charge < -0.3 is 4.74 Å². The van der Waals surface area contributed by atoms with E-state index < -0.39 is 9.84 Å². The van der Waals surface area contributed by atoms with Gasteiger partial charge in [0.1, 0.15) is 22.2 Å². The minimum Gasteiger partial charge on any atom is -0.489 e. The van der Waals surface area contributed by atoms with Gasteiger partial charge in [-0.2, -0.15) is 0 Å². The minimum atomic E-state index is -2.90. The average molecular weight is 374 g/mol. The van der Waals surface area contributed by atoms with E-state index in [1.165, 1.54) is 11.8 Å². The fourth-order valence-electron chi connectivity index (χ4n) is 3.55. The van der Waals surface area contributed by atoms with Crippen LogP contribution >= 0.6 is 0 Å². The van der Waals surface area contributed by atoms with Crippen LogP contribution in [0.1, 0.15) is 24.0 Å². The maximum Gasteiger partial charge on any atom is 0.147 e. The number of piperidine rings is 1. The summed E-state index contributed by atoms with van der Waals surface area (Å²) in [6.45, 7) is 3.32. The zero-order chi connectivity index (χ0) is 18.4. The van der Waals surface area contributed by atoms with Crippen LogP contribution in [-0.2, 0) is 23.0 Å². The molecule has 0 radical (unpaired) electrons. The number of hydrogen-bond donors (Lipinski definition) is 0. The summed E-state index contributed by atoms with van der Waals surface area (Å²) in [6, 6.07) is 18.3. The summed E-state index contributed by atoms with van der Waals surface area (Å²) in [5.41, 5.74) is 2.39. The summed E-state index contributed by atoms with van der Waals surface area (Å²) in [4.78, 5) is 2.36. The number of rotatable bonds is 7. The molecule has 1 atom stereocenters. The molecule has 1 aliphatic rings. The van der Waals surface area contributed by atoms with E-state index in [0.29, 0.717) is 12.4 Å². The monoisotopic (exact) mass is 373 g/mol. The van der Waals surface area contributed by atoms with E-state index in [2.05, 4.69) is 29.2 Å². The Bertz CT molecular complexity index is 788. The molecule has 0 saturated carbocycles. The van der Waals surface area contributed by atoms with Crippen molar-refractivity contribution in [3.05, 3.63) is 65.7 Å². The third kappa shape index (κ3) is 6.15. The van der Waals surface area contributed by atoms with Crippen molar-refractivity contribution in [1.82, 2.24) is 4.90 Å². The molecule has 0 aliphatic carbocycles. The van der Waals surface area contributed by atoms with Gasteiger partial charge in [-0.15, -0.1) is 0 Å². The molecule has 4 nitrogen and oxygen atoms in total. The van der Waals surface area contributed by atoms with Crippen LogP contribution in [0.4, 0.5) is 0 Å². The fourth-order valence-corrected chi connectivity index (χ4v) is 4.68. The van der Waals surface area contributed by atoms with Crippen LogP contribution in [0, 0.1) is 5.92 Å². The first kappa shape index (κ1) is 18.9. The van der Waals surface area contributed by atoms with Crippen molar-refractivity contribution in [2.24, 2.45) is 5.92 Å². The standard InChI is InChI=1S/C21H27NO3S/c1-26(23,24)17-20-8-5-13-22(15-20)14-18-9-11-21(12-10-18)25-16-19-6-3-2-4-7-19/h2-4,6-7,9-12,20H,5,8,13-17H2,1H3/t20-/m1/s1. The molecular weight excluding hydrogens is 346 g/mol. The second-order valence-electron chi connectivity index (χ2n) is 7.25. The van der Waals surface area contributed by atoms with Crippen LogP contribution in [-0.4, -0.2) is 38.4 Å². The molecule has 0 amide bonds. The summed E-state index contributed by atoms with van der Waals surface area (Å²) >= 11 is 0. The lowest BCUT2D eigenvalue weighted by molar-refractivity contribution is 0.178. The van der Waals surface area contributed by atoms with E-state index in [-0.39, 0.29) is 5.92 Å². The van der Waals surface area contributed by atoms with Crippen LogP contribution in [0.2, 0.25) is 0 Å². The highest BCUT2D eigenvalue weighted by molar-refractivity contribution is 7.90. The second-order valence-corrected chi connectivity index (χ2v) is 9.44. The maximum atomic E-state index is 11.5. The van der Waals surface area contributed by atoms with Crippen LogP contribution in [0.15, 0.2) is 54.6 Å². The van der Waals surface area contributed by atoms with Gasteiger partial charge in [0.25, 0.3) is 0 Å². The number of sulfone groups is 1. The third-order valence-electron chi connectivity index (χ3n) is 4.72.